The number of halogens is 3. The number of aromatic nitrogens is 2. The van der Waals surface area contributed by atoms with Crippen molar-refractivity contribution in [2.45, 2.75) is 26.1 Å². The van der Waals surface area contributed by atoms with Crippen LogP contribution in [0.2, 0.25) is 0 Å². The fraction of sp³-hybridized carbons (Fsp3) is 0.300. The number of benzene rings is 2. The van der Waals surface area contributed by atoms with Crippen molar-refractivity contribution in [2.75, 3.05) is 19.5 Å². The van der Waals surface area contributed by atoms with Crippen LogP contribution in [0.15, 0.2) is 36.4 Å². The van der Waals surface area contributed by atoms with E-state index in [4.69, 9.17) is 9.47 Å². The molecule has 0 spiro atoms. The first-order valence-electron chi connectivity index (χ1n) is 8.57. The Kier molecular flexibility index (Phi) is 5.31. The van der Waals surface area contributed by atoms with Crippen LogP contribution in [0, 0.1) is 6.92 Å². The van der Waals surface area contributed by atoms with Gasteiger partial charge in [-0.2, -0.15) is 13.2 Å². The quantitative estimate of drug-likeness (QED) is 0.652. The van der Waals surface area contributed by atoms with Crippen molar-refractivity contribution < 1.29 is 22.6 Å². The lowest BCUT2D eigenvalue weighted by Gasteiger charge is -2.19. The minimum Gasteiger partial charge on any atom is -0.493 e. The van der Waals surface area contributed by atoms with E-state index in [-0.39, 0.29) is 0 Å². The van der Waals surface area contributed by atoms with Crippen molar-refractivity contribution in [1.82, 2.24) is 9.97 Å². The van der Waals surface area contributed by atoms with Crippen molar-refractivity contribution in [1.29, 1.82) is 0 Å². The monoisotopic (exact) mass is 391 g/mol. The van der Waals surface area contributed by atoms with Gasteiger partial charge in [-0.05, 0) is 37.6 Å². The number of hydrogen-bond acceptors (Lipinski definition) is 5. The molecule has 3 aromatic rings. The maximum absolute atomic E-state index is 13.0. The van der Waals surface area contributed by atoms with Crippen LogP contribution in [-0.4, -0.2) is 24.2 Å². The van der Waals surface area contributed by atoms with Gasteiger partial charge >= 0.3 is 6.18 Å². The molecule has 28 heavy (non-hydrogen) atoms. The predicted octanol–water partition coefficient (Wildman–Crippen LogP) is 5.15. The van der Waals surface area contributed by atoms with Crippen LogP contribution in [0.4, 0.5) is 19.0 Å². The number of ether oxygens (including phenoxy) is 2. The number of rotatable bonds is 5. The summed E-state index contributed by atoms with van der Waals surface area (Å²) in [6.45, 7) is 3.52. The maximum atomic E-state index is 13.0. The molecule has 5 nitrogen and oxygen atoms in total. The molecule has 148 valence electrons. The maximum Gasteiger partial charge on any atom is 0.416 e. The SMILES string of the molecule is COc1cc2nc(C)nc(N[C@H](C)c3cccc(C(F)(F)F)c3)c2cc1OC. The first-order chi connectivity index (χ1) is 13.2. The van der Waals surface area contributed by atoms with Crippen molar-refractivity contribution >= 4 is 16.7 Å². The summed E-state index contributed by atoms with van der Waals surface area (Å²) in [5.74, 6) is 2.08. The fourth-order valence-electron chi connectivity index (χ4n) is 2.95. The van der Waals surface area contributed by atoms with Crippen molar-refractivity contribution in [3.05, 3.63) is 53.3 Å². The van der Waals surface area contributed by atoms with E-state index in [9.17, 15) is 13.2 Å². The Morgan fingerprint density at radius 2 is 1.68 bits per heavy atom. The molecular weight excluding hydrogens is 371 g/mol. The third kappa shape index (κ3) is 3.95. The lowest BCUT2D eigenvalue weighted by molar-refractivity contribution is -0.137. The molecule has 0 radical (unpaired) electrons. The third-order valence-corrected chi connectivity index (χ3v) is 4.38. The van der Waals surface area contributed by atoms with E-state index in [2.05, 4.69) is 15.3 Å². The molecule has 8 heteroatoms. The van der Waals surface area contributed by atoms with Gasteiger partial charge in [-0.25, -0.2) is 9.97 Å². The van der Waals surface area contributed by atoms with Gasteiger partial charge in [0.15, 0.2) is 11.5 Å². The summed E-state index contributed by atoms with van der Waals surface area (Å²) < 4.78 is 49.7. The average Bonchev–Trinajstić information content (AvgIpc) is 2.66. The van der Waals surface area contributed by atoms with Crippen LogP contribution in [0.5, 0.6) is 11.5 Å². The lowest BCUT2D eigenvalue weighted by Crippen LogP contribution is -2.12. The van der Waals surface area contributed by atoms with Gasteiger partial charge < -0.3 is 14.8 Å². The van der Waals surface area contributed by atoms with Crippen LogP contribution in [0.25, 0.3) is 10.9 Å². The summed E-state index contributed by atoms with van der Waals surface area (Å²) in [6, 6.07) is 8.31. The zero-order valence-corrected chi connectivity index (χ0v) is 15.9. The number of aryl methyl sites for hydroxylation is 1. The van der Waals surface area contributed by atoms with Gasteiger partial charge in [0.1, 0.15) is 11.6 Å². The molecule has 0 bridgehead atoms. The van der Waals surface area contributed by atoms with E-state index in [0.29, 0.717) is 39.6 Å². The Morgan fingerprint density at radius 3 is 2.32 bits per heavy atom. The summed E-state index contributed by atoms with van der Waals surface area (Å²) in [5, 5.41) is 3.88. The predicted molar refractivity (Wildman–Crippen MR) is 101 cm³/mol. The van der Waals surface area contributed by atoms with Gasteiger partial charge in [-0.15, -0.1) is 0 Å². The average molecular weight is 391 g/mol. The van der Waals surface area contributed by atoms with Crippen molar-refractivity contribution in [3.8, 4) is 11.5 Å². The summed E-state index contributed by atoms with van der Waals surface area (Å²) in [6.07, 6.45) is -4.39. The molecule has 0 amide bonds. The molecule has 1 atom stereocenters. The summed E-state index contributed by atoms with van der Waals surface area (Å²) in [5.41, 5.74) is 0.456. The summed E-state index contributed by atoms with van der Waals surface area (Å²) in [7, 11) is 3.06. The molecule has 1 N–H and O–H groups in total. The molecule has 0 aliphatic heterocycles. The normalized spacial score (nSPS) is 12.7. The van der Waals surface area contributed by atoms with Gasteiger partial charge in [0.25, 0.3) is 0 Å². The van der Waals surface area contributed by atoms with E-state index in [1.165, 1.54) is 20.3 Å². The van der Waals surface area contributed by atoms with Crippen LogP contribution in [0.1, 0.15) is 29.9 Å². The van der Waals surface area contributed by atoms with Crippen LogP contribution in [0.3, 0.4) is 0 Å². The minimum absolute atomic E-state index is 0.409. The van der Waals surface area contributed by atoms with E-state index in [0.717, 1.165) is 12.1 Å². The van der Waals surface area contributed by atoms with Crippen LogP contribution in [-0.2, 0) is 6.18 Å². The lowest BCUT2D eigenvalue weighted by atomic mass is 10.0. The first-order valence-corrected chi connectivity index (χ1v) is 8.57. The third-order valence-electron chi connectivity index (χ3n) is 4.38. The number of alkyl halides is 3. The van der Waals surface area contributed by atoms with Crippen LogP contribution < -0.4 is 14.8 Å². The second-order valence-corrected chi connectivity index (χ2v) is 6.33. The van der Waals surface area contributed by atoms with E-state index < -0.39 is 17.8 Å². The van der Waals surface area contributed by atoms with Gasteiger partial charge in [0, 0.05) is 17.5 Å². The molecule has 0 aliphatic carbocycles. The highest BCUT2D eigenvalue weighted by molar-refractivity contribution is 5.92. The smallest absolute Gasteiger partial charge is 0.416 e. The number of hydrogen-bond donors (Lipinski definition) is 1. The number of nitrogens with zero attached hydrogens (tertiary/aromatic N) is 2. The Morgan fingerprint density at radius 1 is 1.00 bits per heavy atom. The molecule has 0 aliphatic rings. The standard InChI is InChI=1S/C20H20F3N3O2/c1-11(13-6-5-7-14(8-13)20(21,22)23)24-19-15-9-17(27-3)18(28-4)10-16(15)25-12(2)26-19/h5-11H,1-4H3,(H,24,25,26)/t11-/m1/s1. The zero-order chi connectivity index (χ0) is 20.5. The topological polar surface area (TPSA) is 56.3 Å². The Hall–Kier alpha value is -3.03. The van der Waals surface area contributed by atoms with E-state index in [1.54, 1.807) is 32.0 Å². The number of methoxy groups -OCH3 is 2. The van der Waals surface area contributed by atoms with Crippen molar-refractivity contribution in [2.24, 2.45) is 0 Å². The molecule has 0 fully saturated rings. The molecule has 0 saturated carbocycles. The van der Waals surface area contributed by atoms with Gasteiger partial charge in [0.2, 0.25) is 0 Å². The Bertz CT molecular complexity index is 1010. The number of anilines is 1. The van der Waals surface area contributed by atoms with Gasteiger partial charge in [0.05, 0.1) is 25.3 Å². The number of nitrogens with one attached hydrogen (secondary N) is 1. The van der Waals surface area contributed by atoms with Crippen LogP contribution >= 0.6 is 0 Å². The van der Waals surface area contributed by atoms with Gasteiger partial charge in [-0.3, -0.25) is 0 Å². The molecule has 0 unspecified atom stereocenters. The van der Waals surface area contributed by atoms with E-state index >= 15 is 0 Å². The zero-order valence-electron chi connectivity index (χ0n) is 15.9. The highest BCUT2D eigenvalue weighted by Crippen LogP contribution is 2.35. The molecule has 1 heterocycles. The first kappa shape index (κ1) is 19.7. The number of fused-ring (bicyclic) bond motifs is 1. The second-order valence-electron chi connectivity index (χ2n) is 6.33. The molecule has 1 aromatic heterocycles. The summed E-state index contributed by atoms with van der Waals surface area (Å²) in [4.78, 5) is 8.84. The highest BCUT2D eigenvalue weighted by atomic mass is 19.4. The Balaban J connectivity index is 2.02. The molecule has 0 saturated heterocycles. The molecular formula is C20H20F3N3O2. The van der Waals surface area contributed by atoms with Crippen molar-refractivity contribution in [3.63, 3.8) is 0 Å². The highest BCUT2D eigenvalue weighted by Gasteiger charge is 2.30. The fourth-order valence-corrected chi connectivity index (χ4v) is 2.95. The molecule has 2 aromatic carbocycles. The minimum atomic E-state index is -4.39. The summed E-state index contributed by atoms with van der Waals surface area (Å²) >= 11 is 0. The van der Waals surface area contributed by atoms with E-state index in [1.807, 2.05) is 0 Å². The largest absolute Gasteiger partial charge is 0.493 e. The Labute approximate surface area is 160 Å². The van der Waals surface area contributed by atoms with Gasteiger partial charge in [-0.1, -0.05) is 12.1 Å². The second kappa shape index (κ2) is 7.53. The molecule has 3 rings (SSSR count).